The lowest BCUT2D eigenvalue weighted by Gasteiger charge is -2.06. The normalized spacial score (nSPS) is 11.3. The van der Waals surface area contributed by atoms with E-state index in [9.17, 15) is 18.0 Å². The molecule has 0 radical (unpaired) electrons. The van der Waals surface area contributed by atoms with Crippen LogP contribution in [0.15, 0.2) is 6.20 Å². The summed E-state index contributed by atoms with van der Waals surface area (Å²) in [6.45, 7) is 1.65. The number of ether oxygens (including phenoxy) is 1. The van der Waals surface area contributed by atoms with E-state index >= 15 is 0 Å². The third-order valence-electron chi connectivity index (χ3n) is 2.29. The quantitative estimate of drug-likeness (QED) is 0.708. The number of aromatic nitrogens is 2. The molecule has 1 N–H and O–H groups in total. The van der Waals surface area contributed by atoms with E-state index in [0.717, 1.165) is 10.9 Å². The molecule has 1 aromatic heterocycles. The van der Waals surface area contributed by atoms with Crippen molar-refractivity contribution in [3.8, 4) is 0 Å². The number of hydrogen-bond donors (Lipinski definition) is 1. The lowest BCUT2D eigenvalue weighted by molar-refractivity contribution is -0.139. The Morgan fingerprint density at radius 3 is 2.63 bits per heavy atom. The summed E-state index contributed by atoms with van der Waals surface area (Å²) in [6.07, 6.45) is 1.07. The van der Waals surface area contributed by atoms with Crippen molar-refractivity contribution in [2.24, 2.45) is 7.05 Å². The van der Waals surface area contributed by atoms with Gasteiger partial charge in [0.2, 0.25) is 0 Å². The SMILES string of the molecule is CCOC(=O)CS(=O)(=O)Cc1c(C(=O)O)cnn1C. The van der Waals surface area contributed by atoms with Gasteiger partial charge in [0.1, 0.15) is 11.3 Å². The number of carboxylic acid groups (broad SMARTS) is 1. The fourth-order valence-electron chi connectivity index (χ4n) is 1.45. The first-order chi connectivity index (χ1) is 8.76. The van der Waals surface area contributed by atoms with E-state index in [4.69, 9.17) is 5.11 Å². The molecule has 0 spiro atoms. The van der Waals surface area contributed by atoms with Gasteiger partial charge in [0.15, 0.2) is 9.84 Å². The molecule has 19 heavy (non-hydrogen) atoms. The predicted molar refractivity (Wildman–Crippen MR) is 64.3 cm³/mol. The zero-order valence-electron chi connectivity index (χ0n) is 10.5. The number of aryl methyl sites for hydroxylation is 1. The molecule has 0 saturated carbocycles. The van der Waals surface area contributed by atoms with Gasteiger partial charge in [0.05, 0.1) is 24.3 Å². The highest BCUT2D eigenvalue weighted by atomic mass is 32.2. The molecule has 106 valence electrons. The first kappa shape index (κ1) is 15.2. The van der Waals surface area contributed by atoms with Crippen LogP contribution in [0, 0.1) is 0 Å². The van der Waals surface area contributed by atoms with Crippen LogP contribution in [0.4, 0.5) is 0 Å². The van der Waals surface area contributed by atoms with E-state index in [2.05, 4.69) is 9.84 Å². The van der Waals surface area contributed by atoms with E-state index in [1.54, 1.807) is 6.92 Å². The summed E-state index contributed by atoms with van der Waals surface area (Å²) in [7, 11) is -2.37. The Hall–Kier alpha value is -1.90. The van der Waals surface area contributed by atoms with Crippen molar-refractivity contribution in [1.29, 1.82) is 0 Å². The summed E-state index contributed by atoms with van der Waals surface area (Å²) >= 11 is 0. The molecule has 0 aliphatic rings. The lowest BCUT2D eigenvalue weighted by atomic mass is 10.3. The number of nitrogens with zero attached hydrogens (tertiary/aromatic N) is 2. The summed E-state index contributed by atoms with van der Waals surface area (Å²) in [5.41, 5.74) is -0.174. The molecule has 1 aromatic rings. The topological polar surface area (TPSA) is 116 Å². The van der Waals surface area contributed by atoms with E-state index in [1.165, 1.54) is 7.05 Å². The zero-order chi connectivity index (χ0) is 14.6. The average Bonchev–Trinajstić information content (AvgIpc) is 2.59. The van der Waals surface area contributed by atoms with E-state index < -0.39 is 33.3 Å². The second-order valence-corrected chi connectivity index (χ2v) is 5.84. The van der Waals surface area contributed by atoms with Crippen molar-refractivity contribution in [2.75, 3.05) is 12.4 Å². The largest absolute Gasteiger partial charge is 0.478 e. The van der Waals surface area contributed by atoms with E-state index in [0.29, 0.717) is 0 Å². The Bertz CT molecular complexity index is 589. The molecule has 0 aliphatic heterocycles. The van der Waals surface area contributed by atoms with Gasteiger partial charge in [-0.25, -0.2) is 13.2 Å². The van der Waals surface area contributed by atoms with Crippen molar-refractivity contribution in [2.45, 2.75) is 12.7 Å². The maximum Gasteiger partial charge on any atom is 0.339 e. The minimum Gasteiger partial charge on any atom is -0.478 e. The minimum absolute atomic E-state index is 0.0248. The third-order valence-corrected chi connectivity index (χ3v) is 3.68. The molecule has 0 fully saturated rings. The summed E-state index contributed by atoms with van der Waals surface area (Å²) in [4.78, 5) is 22.1. The second kappa shape index (κ2) is 5.83. The van der Waals surface area contributed by atoms with Crippen LogP contribution in [0.25, 0.3) is 0 Å². The molecule has 9 heteroatoms. The molecule has 0 aliphatic carbocycles. The molecule has 0 atom stereocenters. The van der Waals surface area contributed by atoms with Crippen LogP contribution >= 0.6 is 0 Å². The van der Waals surface area contributed by atoms with Gasteiger partial charge in [-0.3, -0.25) is 9.48 Å². The van der Waals surface area contributed by atoms with Crippen LogP contribution in [-0.4, -0.2) is 47.6 Å². The van der Waals surface area contributed by atoms with E-state index in [-0.39, 0.29) is 17.9 Å². The Kier molecular flexibility index (Phi) is 4.65. The predicted octanol–water partition coefficient (Wildman–Crippen LogP) is -0.404. The molecule has 0 amide bonds. The summed E-state index contributed by atoms with van der Waals surface area (Å²) in [6, 6.07) is 0. The molecule has 0 bridgehead atoms. The average molecular weight is 290 g/mol. The minimum atomic E-state index is -3.80. The highest BCUT2D eigenvalue weighted by Crippen LogP contribution is 2.12. The number of carbonyl (C=O) groups excluding carboxylic acids is 1. The Balaban J connectivity index is 2.93. The molecule has 0 aromatic carbocycles. The van der Waals surface area contributed by atoms with Gasteiger partial charge in [-0.15, -0.1) is 0 Å². The van der Waals surface area contributed by atoms with Gasteiger partial charge in [0.25, 0.3) is 0 Å². The van der Waals surface area contributed by atoms with Crippen LogP contribution in [-0.2, 0) is 32.2 Å². The molecule has 1 rings (SSSR count). The van der Waals surface area contributed by atoms with E-state index in [1.807, 2.05) is 0 Å². The van der Waals surface area contributed by atoms with Crippen LogP contribution in [0.1, 0.15) is 23.0 Å². The van der Waals surface area contributed by atoms with Crippen molar-refractivity contribution in [3.05, 3.63) is 17.5 Å². The maximum atomic E-state index is 11.8. The van der Waals surface area contributed by atoms with Crippen molar-refractivity contribution in [1.82, 2.24) is 9.78 Å². The maximum absolute atomic E-state index is 11.8. The van der Waals surface area contributed by atoms with Gasteiger partial charge < -0.3 is 9.84 Å². The van der Waals surface area contributed by atoms with Crippen molar-refractivity contribution < 1.29 is 27.9 Å². The van der Waals surface area contributed by atoms with Crippen molar-refractivity contribution in [3.63, 3.8) is 0 Å². The van der Waals surface area contributed by atoms with Gasteiger partial charge >= 0.3 is 11.9 Å². The van der Waals surface area contributed by atoms with Gasteiger partial charge in [-0.2, -0.15) is 5.10 Å². The highest BCUT2D eigenvalue weighted by Gasteiger charge is 2.24. The Morgan fingerprint density at radius 2 is 2.11 bits per heavy atom. The molecule has 0 unspecified atom stereocenters. The van der Waals surface area contributed by atoms with Crippen LogP contribution in [0.5, 0.6) is 0 Å². The standard InChI is InChI=1S/C10H14N2O6S/c1-3-18-9(13)6-19(16,17)5-8-7(10(14)15)4-11-12(8)2/h4H,3,5-6H2,1-2H3,(H,14,15). The van der Waals surface area contributed by atoms with Gasteiger partial charge in [-0.05, 0) is 6.92 Å². The Labute approximate surface area is 109 Å². The van der Waals surface area contributed by atoms with Crippen LogP contribution in [0.2, 0.25) is 0 Å². The number of sulfone groups is 1. The molecular weight excluding hydrogens is 276 g/mol. The van der Waals surface area contributed by atoms with Gasteiger partial charge in [-0.1, -0.05) is 0 Å². The smallest absolute Gasteiger partial charge is 0.339 e. The molecule has 8 nitrogen and oxygen atoms in total. The number of carbonyl (C=O) groups is 2. The highest BCUT2D eigenvalue weighted by molar-refractivity contribution is 7.91. The fourth-order valence-corrected chi connectivity index (χ4v) is 2.76. The molecule has 0 saturated heterocycles. The first-order valence-electron chi connectivity index (χ1n) is 5.37. The number of hydrogen-bond acceptors (Lipinski definition) is 6. The second-order valence-electron chi connectivity index (χ2n) is 3.77. The summed E-state index contributed by atoms with van der Waals surface area (Å²) in [5, 5.41) is 12.6. The summed E-state index contributed by atoms with van der Waals surface area (Å²) in [5.74, 6) is -3.49. The number of aromatic carboxylic acids is 1. The molecule has 1 heterocycles. The number of rotatable bonds is 6. The van der Waals surface area contributed by atoms with Crippen LogP contribution < -0.4 is 0 Å². The summed E-state index contributed by atoms with van der Waals surface area (Å²) < 4.78 is 29.3. The van der Waals surface area contributed by atoms with Crippen molar-refractivity contribution >= 4 is 21.8 Å². The number of carboxylic acids is 1. The first-order valence-corrected chi connectivity index (χ1v) is 7.19. The third kappa shape index (κ3) is 4.05. The van der Waals surface area contributed by atoms with Crippen LogP contribution in [0.3, 0.4) is 0 Å². The zero-order valence-corrected chi connectivity index (χ0v) is 11.3. The molecular formula is C10H14N2O6S. The number of esters is 1. The Morgan fingerprint density at radius 1 is 1.47 bits per heavy atom. The fraction of sp³-hybridized carbons (Fsp3) is 0.500. The van der Waals surface area contributed by atoms with Gasteiger partial charge in [0, 0.05) is 7.05 Å². The monoisotopic (exact) mass is 290 g/mol. The lowest BCUT2D eigenvalue weighted by Crippen LogP contribution is -2.21.